The van der Waals surface area contributed by atoms with E-state index >= 15 is 0 Å². The third-order valence-electron chi connectivity index (χ3n) is 3.75. The number of rotatable bonds is 6. The standard InChI is InChI=1S/C20H17F2N3O/c21-16-6-4-14(5-7-16)10-11-23-18-8-9-19(24-13-18)25-20(26)15-2-1-3-17(22)12-15/h1-9,12-13,23H,10-11H2,(H,24,25,26). The predicted octanol–water partition coefficient (Wildman–Crippen LogP) is 4.27. The van der Waals surface area contributed by atoms with Gasteiger partial charge in [-0.25, -0.2) is 13.8 Å². The van der Waals surface area contributed by atoms with E-state index in [1.165, 1.54) is 36.4 Å². The Hall–Kier alpha value is -3.28. The first-order valence-corrected chi connectivity index (χ1v) is 8.11. The average Bonchev–Trinajstić information content (AvgIpc) is 2.65. The van der Waals surface area contributed by atoms with Crippen LogP contribution in [0.15, 0.2) is 66.9 Å². The average molecular weight is 353 g/mol. The van der Waals surface area contributed by atoms with Crippen LogP contribution in [-0.4, -0.2) is 17.4 Å². The Bertz CT molecular complexity index is 880. The zero-order valence-corrected chi connectivity index (χ0v) is 13.9. The summed E-state index contributed by atoms with van der Waals surface area (Å²) in [7, 11) is 0. The summed E-state index contributed by atoms with van der Waals surface area (Å²) >= 11 is 0. The van der Waals surface area contributed by atoms with Crippen molar-refractivity contribution in [2.45, 2.75) is 6.42 Å². The van der Waals surface area contributed by atoms with Gasteiger partial charge in [-0.2, -0.15) is 0 Å². The minimum Gasteiger partial charge on any atom is -0.383 e. The van der Waals surface area contributed by atoms with Crippen LogP contribution >= 0.6 is 0 Å². The molecular formula is C20H17F2N3O. The van der Waals surface area contributed by atoms with E-state index in [0.717, 1.165) is 17.7 Å². The second-order valence-corrected chi connectivity index (χ2v) is 5.70. The fourth-order valence-corrected chi connectivity index (χ4v) is 2.39. The van der Waals surface area contributed by atoms with Gasteiger partial charge < -0.3 is 10.6 Å². The van der Waals surface area contributed by atoms with Gasteiger partial charge >= 0.3 is 0 Å². The first-order chi connectivity index (χ1) is 12.6. The quantitative estimate of drug-likeness (QED) is 0.696. The number of pyridine rings is 1. The number of anilines is 2. The Kier molecular flexibility index (Phi) is 5.53. The maximum absolute atomic E-state index is 13.2. The van der Waals surface area contributed by atoms with E-state index in [1.807, 2.05) is 0 Å². The number of halogens is 2. The number of benzene rings is 2. The van der Waals surface area contributed by atoms with Gasteiger partial charge in [0.15, 0.2) is 0 Å². The molecule has 0 saturated carbocycles. The van der Waals surface area contributed by atoms with E-state index in [2.05, 4.69) is 15.6 Å². The number of carbonyl (C=O) groups excluding carboxylic acids is 1. The molecule has 1 heterocycles. The molecule has 26 heavy (non-hydrogen) atoms. The number of carbonyl (C=O) groups is 1. The van der Waals surface area contributed by atoms with E-state index in [1.54, 1.807) is 30.5 Å². The van der Waals surface area contributed by atoms with Gasteiger partial charge in [0.1, 0.15) is 17.5 Å². The van der Waals surface area contributed by atoms with E-state index < -0.39 is 11.7 Å². The number of nitrogens with zero attached hydrogens (tertiary/aromatic N) is 1. The number of nitrogens with one attached hydrogen (secondary N) is 2. The fourth-order valence-electron chi connectivity index (χ4n) is 2.39. The molecule has 0 atom stereocenters. The molecule has 132 valence electrons. The highest BCUT2D eigenvalue weighted by Crippen LogP contribution is 2.12. The van der Waals surface area contributed by atoms with Crippen LogP contribution in [0.25, 0.3) is 0 Å². The van der Waals surface area contributed by atoms with Crippen molar-refractivity contribution < 1.29 is 13.6 Å². The molecule has 1 amide bonds. The van der Waals surface area contributed by atoms with Gasteiger partial charge in [-0.1, -0.05) is 18.2 Å². The Morgan fingerprint density at radius 2 is 1.77 bits per heavy atom. The Morgan fingerprint density at radius 3 is 2.46 bits per heavy atom. The molecule has 3 rings (SSSR count). The van der Waals surface area contributed by atoms with Crippen LogP contribution in [0.1, 0.15) is 15.9 Å². The van der Waals surface area contributed by atoms with Gasteiger partial charge in [-0.05, 0) is 54.4 Å². The molecule has 0 radical (unpaired) electrons. The second kappa shape index (κ2) is 8.20. The summed E-state index contributed by atoms with van der Waals surface area (Å²) in [6.45, 7) is 0.669. The highest BCUT2D eigenvalue weighted by Gasteiger charge is 2.07. The minimum atomic E-state index is -0.466. The van der Waals surface area contributed by atoms with Crippen molar-refractivity contribution in [2.24, 2.45) is 0 Å². The van der Waals surface area contributed by atoms with Crippen LogP contribution in [0, 0.1) is 11.6 Å². The smallest absolute Gasteiger partial charge is 0.256 e. The molecule has 0 fully saturated rings. The van der Waals surface area contributed by atoms with E-state index in [0.29, 0.717) is 12.4 Å². The van der Waals surface area contributed by atoms with Gasteiger partial charge in [0.2, 0.25) is 0 Å². The highest BCUT2D eigenvalue weighted by molar-refractivity contribution is 6.03. The van der Waals surface area contributed by atoms with Crippen molar-refractivity contribution in [1.29, 1.82) is 0 Å². The molecule has 2 N–H and O–H groups in total. The lowest BCUT2D eigenvalue weighted by atomic mass is 10.1. The number of amides is 1. The van der Waals surface area contributed by atoms with Crippen molar-refractivity contribution in [3.63, 3.8) is 0 Å². The zero-order chi connectivity index (χ0) is 18.4. The largest absolute Gasteiger partial charge is 0.383 e. The van der Waals surface area contributed by atoms with Crippen LogP contribution in [0.3, 0.4) is 0 Å². The molecule has 0 saturated heterocycles. The lowest BCUT2D eigenvalue weighted by molar-refractivity contribution is 0.102. The molecule has 3 aromatic rings. The van der Waals surface area contributed by atoms with Crippen molar-refractivity contribution in [1.82, 2.24) is 4.98 Å². The molecule has 0 unspecified atom stereocenters. The van der Waals surface area contributed by atoms with E-state index in [-0.39, 0.29) is 11.4 Å². The minimum absolute atomic E-state index is 0.230. The van der Waals surface area contributed by atoms with Gasteiger partial charge in [0.05, 0.1) is 11.9 Å². The molecule has 0 bridgehead atoms. The number of hydrogen-bond donors (Lipinski definition) is 2. The van der Waals surface area contributed by atoms with Crippen LogP contribution in [0.2, 0.25) is 0 Å². The monoisotopic (exact) mass is 353 g/mol. The first-order valence-electron chi connectivity index (χ1n) is 8.11. The highest BCUT2D eigenvalue weighted by atomic mass is 19.1. The van der Waals surface area contributed by atoms with Gasteiger partial charge in [-0.3, -0.25) is 4.79 Å². The lowest BCUT2D eigenvalue weighted by Gasteiger charge is -2.08. The summed E-state index contributed by atoms with van der Waals surface area (Å²) in [4.78, 5) is 16.2. The van der Waals surface area contributed by atoms with E-state index in [9.17, 15) is 13.6 Å². The third-order valence-corrected chi connectivity index (χ3v) is 3.75. The van der Waals surface area contributed by atoms with Crippen LogP contribution in [0.5, 0.6) is 0 Å². The predicted molar refractivity (Wildman–Crippen MR) is 97.2 cm³/mol. The molecule has 1 aromatic heterocycles. The fraction of sp³-hybridized carbons (Fsp3) is 0.100. The zero-order valence-electron chi connectivity index (χ0n) is 13.9. The molecular weight excluding hydrogens is 336 g/mol. The summed E-state index contributed by atoms with van der Waals surface area (Å²) < 4.78 is 26.0. The van der Waals surface area contributed by atoms with Gasteiger partial charge in [0.25, 0.3) is 5.91 Å². The summed E-state index contributed by atoms with van der Waals surface area (Å²) in [6, 6.07) is 15.3. The third kappa shape index (κ3) is 4.86. The maximum atomic E-state index is 13.2. The topological polar surface area (TPSA) is 54.0 Å². The molecule has 0 aliphatic rings. The molecule has 0 spiro atoms. The van der Waals surface area contributed by atoms with Crippen LogP contribution in [0.4, 0.5) is 20.3 Å². The van der Waals surface area contributed by atoms with Crippen molar-refractivity contribution in [3.05, 3.63) is 89.6 Å². The number of aromatic nitrogens is 1. The molecule has 0 aliphatic heterocycles. The first kappa shape index (κ1) is 17.5. The van der Waals surface area contributed by atoms with Crippen molar-refractivity contribution in [2.75, 3.05) is 17.2 Å². The van der Waals surface area contributed by atoms with Gasteiger partial charge in [0, 0.05) is 12.1 Å². The summed E-state index contributed by atoms with van der Waals surface area (Å²) in [5.41, 5.74) is 2.06. The van der Waals surface area contributed by atoms with Crippen LogP contribution < -0.4 is 10.6 Å². The molecule has 2 aromatic carbocycles. The molecule has 4 nitrogen and oxygen atoms in total. The normalized spacial score (nSPS) is 10.4. The summed E-state index contributed by atoms with van der Waals surface area (Å²) in [5.74, 6) is -0.759. The van der Waals surface area contributed by atoms with Crippen molar-refractivity contribution >= 4 is 17.4 Å². The van der Waals surface area contributed by atoms with Crippen molar-refractivity contribution in [3.8, 4) is 0 Å². The Balaban J connectivity index is 1.51. The van der Waals surface area contributed by atoms with E-state index in [4.69, 9.17) is 0 Å². The summed E-state index contributed by atoms with van der Waals surface area (Å²) in [6.07, 6.45) is 2.35. The van der Waals surface area contributed by atoms with Gasteiger partial charge in [-0.15, -0.1) is 0 Å². The SMILES string of the molecule is O=C(Nc1ccc(NCCc2ccc(F)cc2)cn1)c1cccc(F)c1. The maximum Gasteiger partial charge on any atom is 0.256 e. The summed E-state index contributed by atoms with van der Waals surface area (Å²) in [5, 5.41) is 5.83. The Labute approximate surface area is 149 Å². The second-order valence-electron chi connectivity index (χ2n) is 5.70. The lowest BCUT2D eigenvalue weighted by Crippen LogP contribution is -2.13. The number of hydrogen-bond acceptors (Lipinski definition) is 3. The molecule has 0 aliphatic carbocycles. The Morgan fingerprint density at radius 1 is 0.962 bits per heavy atom. The van der Waals surface area contributed by atoms with Crippen LogP contribution in [-0.2, 0) is 6.42 Å². The molecule has 6 heteroatoms.